The van der Waals surface area contributed by atoms with Gasteiger partial charge < -0.3 is 9.84 Å². The van der Waals surface area contributed by atoms with Crippen LogP contribution in [0.15, 0.2) is 58.2 Å². The highest BCUT2D eigenvalue weighted by molar-refractivity contribution is 9.10. The summed E-state index contributed by atoms with van der Waals surface area (Å²) in [5, 5.41) is 10.1. The van der Waals surface area contributed by atoms with Crippen LogP contribution < -0.4 is 10.4 Å². The second-order valence-electron chi connectivity index (χ2n) is 5.24. The molecular formula is C16H11BrF3N3O3. The van der Waals surface area contributed by atoms with Gasteiger partial charge in [0.25, 0.3) is 0 Å². The number of halogens is 4. The Morgan fingerprint density at radius 1 is 1.19 bits per heavy atom. The summed E-state index contributed by atoms with van der Waals surface area (Å²) in [5.74, 6) is -0.765. The fourth-order valence-corrected chi connectivity index (χ4v) is 2.72. The third-order valence-corrected chi connectivity index (χ3v) is 4.18. The minimum atomic E-state index is -4.80. The highest BCUT2D eigenvalue weighted by atomic mass is 79.9. The second-order valence-corrected chi connectivity index (χ2v) is 6.10. The molecular weight excluding hydrogens is 419 g/mol. The molecule has 2 aromatic heterocycles. The van der Waals surface area contributed by atoms with Crippen molar-refractivity contribution in [3.8, 4) is 17.3 Å². The Morgan fingerprint density at radius 3 is 2.50 bits per heavy atom. The van der Waals surface area contributed by atoms with Gasteiger partial charge in [0, 0.05) is 16.9 Å². The maximum absolute atomic E-state index is 12.5. The van der Waals surface area contributed by atoms with Crippen LogP contribution in [0, 0.1) is 0 Å². The molecule has 6 nitrogen and oxygen atoms in total. The molecule has 26 heavy (non-hydrogen) atoms. The highest BCUT2D eigenvalue weighted by Gasteiger charge is 2.31. The SMILES string of the molecule is O=c1n(Cc2ccncc2Br)cc(O)n1-c1ccc(OC(F)(F)F)cc1. The Labute approximate surface area is 153 Å². The van der Waals surface area contributed by atoms with E-state index in [9.17, 15) is 23.1 Å². The summed E-state index contributed by atoms with van der Waals surface area (Å²) in [6.45, 7) is 0.178. The Balaban J connectivity index is 1.91. The van der Waals surface area contributed by atoms with Gasteiger partial charge in [0.1, 0.15) is 5.75 Å². The summed E-state index contributed by atoms with van der Waals surface area (Å²) in [7, 11) is 0. The van der Waals surface area contributed by atoms with Crippen molar-refractivity contribution in [1.82, 2.24) is 14.1 Å². The summed E-state index contributed by atoms with van der Waals surface area (Å²) < 4.78 is 43.4. The number of alkyl halides is 3. The van der Waals surface area contributed by atoms with E-state index in [0.29, 0.717) is 4.47 Å². The average Bonchev–Trinajstić information content (AvgIpc) is 2.83. The van der Waals surface area contributed by atoms with Crippen molar-refractivity contribution in [1.29, 1.82) is 0 Å². The molecule has 3 aromatic rings. The molecule has 0 amide bonds. The molecule has 0 aliphatic heterocycles. The summed E-state index contributed by atoms with van der Waals surface area (Å²) in [6, 6.07) is 6.33. The van der Waals surface area contributed by atoms with E-state index in [1.807, 2.05) is 0 Å². The minimum absolute atomic E-state index is 0.178. The molecule has 0 saturated carbocycles. The van der Waals surface area contributed by atoms with Crippen LogP contribution in [0.5, 0.6) is 11.6 Å². The van der Waals surface area contributed by atoms with Crippen molar-refractivity contribution in [3.05, 3.63) is 69.4 Å². The fraction of sp³-hybridized carbons (Fsp3) is 0.125. The van der Waals surface area contributed by atoms with Crippen molar-refractivity contribution in [2.24, 2.45) is 0 Å². The molecule has 1 aromatic carbocycles. The zero-order valence-electron chi connectivity index (χ0n) is 12.9. The number of aromatic nitrogens is 3. The Hall–Kier alpha value is -2.75. The van der Waals surface area contributed by atoms with Gasteiger partial charge in [-0.15, -0.1) is 13.2 Å². The van der Waals surface area contributed by atoms with Crippen molar-refractivity contribution < 1.29 is 23.0 Å². The van der Waals surface area contributed by atoms with Crippen molar-refractivity contribution in [3.63, 3.8) is 0 Å². The van der Waals surface area contributed by atoms with Crippen LogP contribution in [0.25, 0.3) is 5.69 Å². The van der Waals surface area contributed by atoms with Crippen LogP contribution in [0.4, 0.5) is 13.2 Å². The predicted octanol–water partition coefficient (Wildman–Crippen LogP) is 3.45. The van der Waals surface area contributed by atoms with E-state index >= 15 is 0 Å². The van der Waals surface area contributed by atoms with Crippen LogP contribution in [0.3, 0.4) is 0 Å². The molecule has 10 heteroatoms. The molecule has 0 spiro atoms. The van der Waals surface area contributed by atoms with Gasteiger partial charge in [-0.25, -0.2) is 9.36 Å². The van der Waals surface area contributed by atoms with Gasteiger partial charge in [-0.05, 0) is 51.8 Å². The van der Waals surface area contributed by atoms with Crippen LogP contribution in [0.2, 0.25) is 0 Å². The van der Waals surface area contributed by atoms with Gasteiger partial charge in [0.05, 0.1) is 18.4 Å². The molecule has 0 fully saturated rings. The second kappa shape index (κ2) is 6.87. The monoisotopic (exact) mass is 429 g/mol. The summed E-state index contributed by atoms with van der Waals surface area (Å²) in [5.41, 5.74) is 0.429. The largest absolute Gasteiger partial charge is 0.573 e. The first kappa shape index (κ1) is 18.1. The molecule has 0 aliphatic carbocycles. The number of nitrogens with zero attached hydrogens (tertiary/aromatic N) is 3. The first-order valence-electron chi connectivity index (χ1n) is 7.20. The number of rotatable bonds is 4. The Bertz CT molecular complexity index is 981. The lowest BCUT2D eigenvalue weighted by Gasteiger charge is -2.09. The third kappa shape index (κ3) is 3.90. The predicted molar refractivity (Wildman–Crippen MR) is 89.4 cm³/mol. The first-order valence-corrected chi connectivity index (χ1v) is 7.99. The van der Waals surface area contributed by atoms with Crippen molar-refractivity contribution in [2.45, 2.75) is 12.9 Å². The van der Waals surface area contributed by atoms with Gasteiger partial charge >= 0.3 is 12.1 Å². The highest BCUT2D eigenvalue weighted by Crippen LogP contribution is 2.25. The molecule has 0 saturated heterocycles. The molecule has 0 radical (unpaired) electrons. The number of ether oxygens (including phenoxy) is 1. The lowest BCUT2D eigenvalue weighted by atomic mass is 10.3. The lowest BCUT2D eigenvalue weighted by molar-refractivity contribution is -0.274. The molecule has 0 aliphatic rings. The average molecular weight is 430 g/mol. The molecule has 0 atom stereocenters. The molecule has 3 rings (SSSR count). The van der Waals surface area contributed by atoms with E-state index in [4.69, 9.17) is 0 Å². The van der Waals surface area contributed by atoms with Crippen molar-refractivity contribution >= 4 is 15.9 Å². The summed E-state index contributed by atoms with van der Waals surface area (Å²) in [6.07, 6.45) is -0.408. The maximum atomic E-state index is 12.5. The van der Waals surface area contributed by atoms with E-state index < -0.39 is 17.8 Å². The molecule has 2 heterocycles. The van der Waals surface area contributed by atoms with E-state index in [1.165, 1.54) is 22.9 Å². The van der Waals surface area contributed by atoms with Crippen LogP contribution in [-0.2, 0) is 6.54 Å². The van der Waals surface area contributed by atoms with Crippen LogP contribution in [0.1, 0.15) is 5.56 Å². The molecule has 0 unspecified atom stereocenters. The Kier molecular flexibility index (Phi) is 4.77. The number of aromatic hydroxyl groups is 1. The zero-order chi connectivity index (χ0) is 18.9. The first-order chi connectivity index (χ1) is 12.2. The molecule has 1 N–H and O–H groups in total. The zero-order valence-corrected chi connectivity index (χ0v) is 14.5. The Morgan fingerprint density at radius 2 is 1.88 bits per heavy atom. The van der Waals surface area contributed by atoms with E-state index in [0.717, 1.165) is 22.3 Å². The summed E-state index contributed by atoms with van der Waals surface area (Å²) in [4.78, 5) is 16.5. The quantitative estimate of drug-likeness (QED) is 0.689. The minimum Gasteiger partial charge on any atom is -0.493 e. The third-order valence-electron chi connectivity index (χ3n) is 3.46. The number of imidazole rings is 1. The number of hydrogen-bond acceptors (Lipinski definition) is 4. The normalized spacial score (nSPS) is 11.5. The molecule has 136 valence electrons. The van der Waals surface area contributed by atoms with Gasteiger partial charge in [-0.2, -0.15) is 0 Å². The molecule has 0 bridgehead atoms. The number of pyridine rings is 1. The van der Waals surface area contributed by atoms with Gasteiger partial charge in [-0.1, -0.05) is 0 Å². The maximum Gasteiger partial charge on any atom is 0.573 e. The van der Waals surface area contributed by atoms with Gasteiger partial charge in [0.2, 0.25) is 5.88 Å². The van der Waals surface area contributed by atoms with Crippen LogP contribution >= 0.6 is 15.9 Å². The van der Waals surface area contributed by atoms with Crippen LogP contribution in [-0.4, -0.2) is 25.6 Å². The fourth-order valence-electron chi connectivity index (χ4n) is 2.35. The van der Waals surface area contributed by atoms with E-state index in [1.54, 1.807) is 18.5 Å². The van der Waals surface area contributed by atoms with Gasteiger partial charge in [0.15, 0.2) is 0 Å². The number of hydrogen-bond donors (Lipinski definition) is 1. The lowest BCUT2D eigenvalue weighted by Crippen LogP contribution is -2.23. The van der Waals surface area contributed by atoms with E-state index in [-0.39, 0.29) is 18.1 Å². The topological polar surface area (TPSA) is 69.3 Å². The standard InChI is InChI=1S/C16H11BrF3N3O3/c17-13-7-21-6-5-10(13)8-22-9-14(24)23(15(22)25)11-1-3-12(4-2-11)26-16(18,19)20/h1-7,9,24H,8H2. The number of benzene rings is 1. The van der Waals surface area contributed by atoms with Gasteiger partial charge in [-0.3, -0.25) is 9.55 Å². The van der Waals surface area contributed by atoms with Crippen molar-refractivity contribution in [2.75, 3.05) is 0 Å². The smallest absolute Gasteiger partial charge is 0.493 e. The van der Waals surface area contributed by atoms with E-state index in [2.05, 4.69) is 25.7 Å². The summed E-state index contributed by atoms with van der Waals surface area (Å²) >= 11 is 3.33.